The van der Waals surface area contributed by atoms with Crippen molar-refractivity contribution in [2.75, 3.05) is 13.6 Å². The first-order valence-corrected chi connectivity index (χ1v) is 12.4. The molecule has 218 valence electrons. The number of hydrogen-bond donors (Lipinski definition) is 1. The SMILES string of the molecule is CC(=O)OCOC(=O)c1cc(=O)c2c(CC(O)Cc3cccc4oc(C(=O)OCOC(C)=O)cc(=O)c34)cccc2o1. The van der Waals surface area contributed by atoms with Crippen molar-refractivity contribution < 1.29 is 52.1 Å². The van der Waals surface area contributed by atoms with Gasteiger partial charge in [0.1, 0.15) is 11.2 Å². The van der Waals surface area contributed by atoms with Gasteiger partial charge in [-0.2, -0.15) is 0 Å². The van der Waals surface area contributed by atoms with Crippen molar-refractivity contribution in [1.29, 1.82) is 0 Å². The minimum absolute atomic E-state index is 0.0133. The molecule has 0 saturated carbocycles. The van der Waals surface area contributed by atoms with Gasteiger partial charge in [-0.1, -0.05) is 24.3 Å². The first-order chi connectivity index (χ1) is 20.0. The molecule has 0 aliphatic carbocycles. The summed E-state index contributed by atoms with van der Waals surface area (Å²) in [7, 11) is 0. The monoisotopic (exact) mass is 580 g/mol. The molecule has 0 aliphatic heterocycles. The third kappa shape index (κ3) is 7.06. The highest BCUT2D eigenvalue weighted by Gasteiger charge is 2.20. The summed E-state index contributed by atoms with van der Waals surface area (Å²) in [5, 5.41) is 11.2. The van der Waals surface area contributed by atoms with Gasteiger partial charge in [-0.25, -0.2) is 9.59 Å². The smallest absolute Gasteiger partial charge is 0.377 e. The second-order valence-electron chi connectivity index (χ2n) is 8.96. The van der Waals surface area contributed by atoms with Crippen molar-refractivity contribution >= 4 is 45.8 Å². The van der Waals surface area contributed by atoms with E-state index in [9.17, 15) is 33.9 Å². The summed E-state index contributed by atoms with van der Waals surface area (Å²) in [6.07, 6.45) is -1.09. The van der Waals surface area contributed by atoms with E-state index in [0.717, 1.165) is 26.0 Å². The van der Waals surface area contributed by atoms with Crippen LogP contribution in [0.2, 0.25) is 0 Å². The molecule has 2 heterocycles. The molecular weight excluding hydrogens is 556 g/mol. The Bertz CT molecular complexity index is 1670. The van der Waals surface area contributed by atoms with Crippen LogP contribution in [-0.4, -0.2) is 48.7 Å². The third-order valence-electron chi connectivity index (χ3n) is 5.90. The van der Waals surface area contributed by atoms with E-state index in [1.54, 1.807) is 24.3 Å². The fraction of sp³-hybridized carbons (Fsp3) is 0.241. The second kappa shape index (κ2) is 12.9. The van der Waals surface area contributed by atoms with Crippen LogP contribution < -0.4 is 10.9 Å². The molecule has 0 atom stereocenters. The first kappa shape index (κ1) is 29.7. The van der Waals surface area contributed by atoms with Gasteiger partial charge in [0.05, 0.1) is 16.9 Å². The van der Waals surface area contributed by atoms with Crippen LogP contribution in [0.3, 0.4) is 0 Å². The number of esters is 4. The number of benzene rings is 2. The van der Waals surface area contributed by atoms with E-state index >= 15 is 0 Å². The quantitative estimate of drug-likeness (QED) is 0.213. The van der Waals surface area contributed by atoms with Crippen molar-refractivity contribution in [2.24, 2.45) is 0 Å². The molecule has 0 amide bonds. The van der Waals surface area contributed by atoms with Crippen molar-refractivity contribution in [3.8, 4) is 0 Å². The lowest BCUT2D eigenvalue weighted by Crippen LogP contribution is -2.18. The van der Waals surface area contributed by atoms with E-state index in [4.69, 9.17) is 18.3 Å². The average molecular weight is 580 g/mol. The lowest BCUT2D eigenvalue weighted by Gasteiger charge is -2.14. The molecule has 1 N–H and O–H groups in total. The topological polar surface area (TPSA) is 186 Å². The molecule has 2 aromatic heterocycles. The largest absolute Gasteiger partial charge is 0.449 e. The Balaban J connectivity index is 1.54. The Morgan fingerprint density at radius 1 is 0.690 bits per heavy atom. The van der Waals surface area contributed by atoms with Crippen molar-refractivity contribution in [3.63, 3.8) is 0 Å². The molecule has 13 heteroatoms. The first-order valence-electron chi connectivity index (χ1n) is 12.4. The van der Waals surface area contributed by atoms with E-state index in [0.29, 0.717) is 11.1 Å². The van der Waals surface area contributed by atoms with Gasteiger partial charge in [0.15, 0.2) is 10.9 Å². The van der Waals surface area contributed by atoms with E-state index in [1.165, 1.54) is 12.1 Å². The summed E-state index contributed by atoms with van der Waals surface area (Å²) in [5.74, 6) is -4.10. The summed E-state index contributed by atoms with van der Waals surface area (Å²) in [4.78, 5) is 71.9. The normalized spacial score (nSPS) is 11.0. The number of carbonyl (C=O) groups is 4. The molecule has 0 spiro atoms. The molecule has 0 aliphatic rings. The lowest BCUT2D eigenvalue weighted by atomic mass is 9.96. The van der Waals surface area contributed by atoms with Gasteiger partial charge < -0.3 is 32.9 Å². The van der Waals surface area contributed by atoms with Crippen LogP contribution in [0.15, 0.2) is 67.0 Å². The summed E-state index contributed by atoms with van der Waals surface area (Å²) < 4.78 is 29.7. The van der Waals surface area contributed by atoms with Crippen LogP contribution in [0.25, 0.3) is 21.9 Å². The maximum absolute atomic E-state index is 12.9. The molecule has 4 aromatic rings. The van der Waals surface area contributed by atoms with Crippen LogP contribution in [-0.2, 0) is 41.4 Å². The highest BCUT2D eigenvalue weighted by molar-refractivity contribution is 5.90. The van der Waals surface area contributed by atoms with Gasteiger partial charge >= 0.3 is 23.9 Å². The van der Waals surface area contributed by atoms with Crippen LogP contribution in [0.5, 0.6) is 0 Å². The Morgan fingerprint density at radius 2 is 1.10 bits per heavy atom. The Labute approximate surface area is 236 Å². The number of aliphatic hydroxyl groups is 1. The molecule has 0 fully saturated rings. The van der Waals surface area contributed by atoms with Crippen molar-refractivity contribution in [2.45, 2.75) is 32.8 Å². The van der Waals surface area contributed by atoms with Gasteiger partial charge in [-0.15, -0.1) is 0 Å². The summed E-state index contributed by atoms with van der Waals surface area (Å²) >= 11 is 0. The van der Waals surface area contributed by atoms with Gasteiger partial charge in [0, 0.05) is 26.0 Å². The number of hydrogen-bond acceptors (Lipinski definition) is 13. The van der Waals surface area contributed by atoms with Crippen LogP contribution in [0.4, 0.5) is 0 Å². The van der Waals surface area contributed by atoms with Crippen LogP contribution in [0.1, 0.15) is 46.1 Å². The molecule has 42 heavy (non-hydrogen) atoms. The lowest BCUT2D eigenvalue weighted by molar-refractivity contribution is -0.150. The predicted molar refractivity (Wildman–Crippen MR) is 142 cm³/mol. The molecule has 0 bridgehead atoms. The van der Waals surface area contributed by atoms with Crippen molar-refractivity contribution in [3.05, 3.63) is 91.6 Å². The Kier molecular flexibility index (Phi) is 9.12. The zero-order chi connectivity index (χ0) is 30.4. The van der Waals surface area contributed by atoms with Gasteiger partial charge in [0.25, 0.3) is 0 Å². The molecule has 13 nitrogen and oxygen atoms in total. The van der Waals surface area contributed by atoms with Crippen LogP contribution in [0, 0.1) is 0 Å². The molecular formula is C29H24O13. The molecule has 4 rings (SSSR count). The number of carbonyl (C=O) groups excluding carboxylic acids is 4. The Morgan fingerprint density at radius 3 is 1.48 bits per heavy atom. The number of aliphatic hydroxyl groups excluding tert-OH is 1. The standard InChI is InChI=1S/C29H24O13/c1-15(30)37-13-39-28(35)24-11-20(33)26-17(5-3-7-22(26)41-24)9-19(32)10-18-6-4-8-23-27(18)21(34)12-25(42-23)29(36)40-14-38-16(2)31/h3-8,11-12,19,32H,9-10,13-14H2,1-2H3. The molecule has 2 aromatic carbocycles. The third-order valence-corrected chi connectivity index (χ3v) is 5.90. The molecule has 0 saturated heterocycles. The maximum Gasteiger partial charge on any atom is 0.377 e. The highest BCUT2D eigenvalue weighted by Crippen LogP contribution is 2.22. The van der Waals surface area contributed by atoms with Gasteiger partial charge in [0.2, 0.25) is 25.1 Å². The van der Waals surface area contributed by atoms with E-state index < -0.39 is 65.9 Å². The van der Waals surface area contributed by atoms with Crippen LogP contribution >= 0.6 is 0 Å². The minimum atomic E-state index is -1.07. The highest BCUT2D eigenvalue weighted by atomic mass is 16.7. The predicted octanol–water partition coefficient (Wildman–Crippen LogP) is 2.40. The molecule has 0 unspecified atom stereocenters. The number of rotatable bonds is 10. The minimum Gasteiger partial charge on any atom is -0.449 e. The zero-order valence-electron chi connectivity index (χ0n) is 22.4. The zero-order valence-corrected chi connectivity index (χ0v) is 22.4. The summed E-state index contributed by atoms with van der Waals surface area (Å²) in [5.41, 5.74) is -0.108. The summed E-state index contributed by atoms with van der Waals surface area (Å²) in [6.45, 7) is 0.994. The average Bonchev–Trinajstić information content (AvgIpc) is 2.92. The fourth-order valence-electron chi connectivity index (χ4n) is 4.16. The van der Waals surface area contributed by atoms with Gasteiger partial charge in [-0.05, 0) is 36.1 Å². The second-order valence-corrected chi connectivity index (χ2v) is 8.96. The number of fused-ring (bicyclic) bond motifs is 2. The van der Waals surface area contributed by atoms with E-state index in [-0.39, 0.29) is 34.8 Å². The van der Waals surface area contributed by atoms with E-state index in [1.807, 2.05) is 0 Å². The van der Waals surface area contributed by atoms with E-state index in [2.05, 4.69) is 9.47 Å². The molecule has 0 radical (unpaired) electrons. The van der Waals surface area contributed by atoms with Crippen molar-refractivity contribution in [1.82, 2.24) is 0 Å². The Hall–Kier alpha value is -5.30. The summed E-state index contributed by atoms with van der Waals surface area (Å²) in [6, 6.07) is 11.2. The maximum atomic E-state index is 12.9. The van der Waals surface area contributed by atoms with Gasteiger partial charge in [-0.3, -0.25) is 19.2 Å². The fourth-order valence-corrected chi connectivity index (χ4v) is 4.16. The number of ether oxygens (including phenoxy) is 4.